The van der Waals surface area contributed by atoms with Gasteiger partial charge >= 0.3 is 5.97 Å². The smallest absolute Gasteiger partial charge is 0.355 e. The summed E-state index contributed by atoms with van der Waals surface area (Å²) in [5.41, 5.74) is 0.0919. The molecule has 27 heavy (non-hydrogen) atoms. The van der Waals surface area contributed by atoms with Gasteiger partial charge in [-0.25, -0.2) is 9.78 Å². The van der Waals surface area contributed by atoms with Crippen LogP contribution in [0.5, 0.6) is 0 Å². The van der Waals surface area contributed by atoms with Gasteiger partial charge in [0.15, 0.2) is 10.0 Å². The van der Waals surface area contributed by atoms with Crippen LogP contribution in [-0.2, 0) is 4.79 Å². The molecule has 1 aliphatic heterocycles. The lowest BCUT2D eigenvalue weighted by Crippen LogP contribution is -2.45. The summed E-state index contributed by atoms with van der Waals surface area (Å²) in [6.07, 6.45) is 8.62. The number of rotatable bonds is 10. The Morgan fingerprint density at radius 2 is 2.22 bits per heavy atom. The van der Waals surface area contributed by atoms with Gasteiger partial charge in [-0.3, -0.25) is 9.69 Å². The molecule has 3 rings (SSSR count). The number of carbonyl (C=O) groups excluding carboxylic acids is 1. The molecule has 1 aliphatic carbocycles. The fourth-order valence-corrected chi connectivity index (χ4v) is 5.83. The van der Waals surface area contributed by atoms with Crippen LogP contribution in [0.3, 0.4) is 0 Å². The summed E-state index contributed by atoms with van der Waals surface area (Å²) in [5.74, 6) is -0.0299. The molecule has 1 saturated carbocycles. The van der Waals surface area contributed by atoms with E-state index in [1.807, 2.05) is 11.0 Å². The van der Waals surface area contributed by atoms with Crippen molar-refractivity contribution < 1.29 is 14.7 Å². The van der Waals surface area contributed by atoms with Crippen molar-refractivity contribution in [2.45, 2.75) is 54.9 Å². The highest BCUT2D eigenvalue weighted by molar-refractivity contribution is 8.01. The summed E-state index contributed by atoms with van der Waals surface area (Å²) in [4.78, 5) is 31.9. The quantitative estimate of drug-likeness (QED) is 0.472. The van der Waals surface area contributed by atoms with Gasteiger partial charge in [0.2, 0.25) is 5.91 Å². The summed E-state index contributed by atoms with van der Waals surface area (Å²) >= 11 is 2.87. The van der Waals surface area contributed by atoms with Gasteiger partial charge in [0.25, 0.3) is 0 Å². The number of aromatic carboxylic acids is 1. The zero-order valence-electron chi connectivity index (χ0n) is 15.5. The van der Waals surface area contributed by atoms with Gasteiger partial charge in [0, 0.05) is 49.3 Å². The average Bonchev–Trinajstić information content (AvgIpc) is 3.38. The van der Waals surface area contributed by atoms with Crippen molar-refractivity contribution in [3.05, 3.63) is 23.7 Å². The van der Waals surface area contributed by atoms with Crippen molar-refractivity contribution in [1.29, 1.82) is 0 Å². The number of hydrogen-bond acceptors (Lipinski definition) is 6. The molecule has 1 N–H and O–H groups in total. The highest BCUT2D eigenvalue weighted by atomic mass is 32.2. The summed E-state index contributed by atoms with van der Waals surface area (Å²) < 4.78 is 0.745. The fourth-order valence-electron chi connectivity index (χ4n) is 4.02. The van der Waals surface area contributed by atoms with Gasteiger partial charge in [-0.2, -0.15) is 0 Å². The van der Waals surface area contributed by atoms with Gasteiger partial charge in [-0.05, 0) is 19.3 Å². The zero-order valence-corrected chi connectivity index (χ0v) is 17.1. The van der Waals surface area contributed by atoms with Crippen LogP contribution in [-0.4, -0.2) is 69.2 Å². The second-order valence-corrected chi connectivity index (χ2v) is 9.31. The Morgan fingerprint density at radius 3 is 2.89 bits per heavy atom. The van der Waals surface area contributed by atoms with Crippen molar-refractivity contribution in [1.82, 2.24) is 14.8 Å². The Kier molecular flexibility index (Phi) is 7.32. The number of thioether (sulfide) groups is 1. The molecule has 0 spiro atoms. The first kappa shape index (κ1) is 20.4. The minimum Gasteiger partial charge on any atom is -0.476 e. The van der Waals surface area contributed by atoms with Crippen molar-refractivity contribution in [2.24, 2.45) is 0 Å². The first-order valence-electron chi connectivity index (χ1n) is 9.54. The van der Waals surface area contributed by atoms with Gasteiger partial charge < -0.3 is 10.0 Å². The second kappa shape index (κ2) is 9.71. The number of carboxylic acid groups (broad SMARTS) is 1. The predicted molar refractivity (Wildman–Crippen MR) is 109 cm³/mol. The monoisotopic (exact) mass is 409 g/mol. The number of amides is 1. The second-order valence-electron chi connectivity index (χ2n) is 7.11. The zero-order chi connectivity index (χ0) is 19.2. The standard InChI is InChI=1S/C19H27N3O3S2/c1-2-9-21(14-5-3-4-6-14)12-15-7-8-17(23)22(15)10-11-26-19-20-16(13-27-19)18(24)25/h2,13-15H,1,3-12H2,(H,24,25). The first-order valence-corrected chi connectivity index (χ1v) is 11.4. The van der Waals surface area contributed by atoms with E-state index in [-0.39, 0.29) is 17.6 Å². The highest BCUT2D eigenvalue weighted by Gasteiger charge is 2.33. The summed E-state index contributed by atoms with van der Waals surface area (Å²) in [5, 5.41) is 10.5. The molecule has 0 radical (unpaired) electrons. The fraction of sp³-hybridized carbons (Fsp3) is 0.632. The minimum absolute atomic E-state index is 0.0919. The van der Waals surface area contributed by atoms with E-state index in [1.54, 1.807) is 5.38 Å². The number of carbonyl (C=O) groups is 2. The third-order valence-electron chi connectivity index (χ3n) is 5.36. The number of nitrogens with zero attached hydrogens (tertiary/aromatic N) is 3. The molecule has 1 amide bonds. The van der Waals surface area contributed by atoms with E-state index in [0.29, 0.717) is 19.0 Å². The Hall–Kier alpha value is -1.38. The Labute approximate surface area is 168 Å². The Balaban J connectivity index is 1.53. The highest BCUT2D eigenvalue weighted by Crippen LogP contribution is 2.28. The van der Waals surface area contributed by atoms with Crippen molar-refractivity contribution in [3.8, 4) is 0 Å². The lowest BCUT2D eigenvalue weighted by molar-refractivity contribution is -0.128. The SMILES string of the molecule is C=CCN(CC1CCC(=O)N1CCSc1nc(C(=O)O)cs1)C1CCCC1. The molecule has 2 aliphatic rings. The normalized spacial score (nSPS) is 20.7. The van der Waals surface area contributed by atoms with Crippen LogP contribution in [0.25, 0.3) is 0 Å². The molecule has 1 saturated heterocycles. The number of carboxylic acids is 1. The largest absolute Gasteiger partial charge is 0.476 e. The molecule has 1 unspecified atom stereocenters. The van der Waals surface area contributed by atoms with Crippen LogP contribution in [0.15, 0.2) is 22.4 Å². The summed E-state index contributed by atoms with van der Waals surface area (Å²) in [7, 11) is 0. The molecule has 0 aromatic carbocycles. The molecule has 8 heteroatoms. The van der Waals surface area contributed by atoms with Crippen LogP contribution >= 0.6 is 23.1 Å². The molecule has 1 atom stereocenters. The first-order chi connectivity index (χ1) is 13.1. The molecule has 6 nitrogen and oxygen atoms in total. The Bertz CT molecular complexity index is 673. The summed E-state index contributed by atoms with van der Waals surface area (Å²) in [6.45, 7) is 6.40. The lowest BCUT2D eigenvalue weighted by atomic mass is 10.1. The van der Waals surface area contributed by atoms with Crippen LogP contribution in [0.1, 0.15) is 49.0 Å². The topological polar surface area (TPSA) is 73.7 Å². The van der Waals surface area contributed by atoms with Crippen molar-refractivity contribution in [2.75, 3.05) is 25.4 Å². The van der Waals surface area contributed by atoms with E-state index >= 15 is 0 Å². The third-order valence-corrected chi connectivity index (χ3v) is 7.36. The van der Waals surface area contributed by atoms with Crippen molar-refractivity contribution >= 4 is 35.0 Å². The van der Waals surface area contributed by atoms with Crippen molar-refractivity contribution in [3.63, 3.8) is 0 Å². The van der Waals surface area contributed by atoms with Crippen LogP contribution in [0, 0.1) is 0 Å². The van der Waals surface area contributed by atoms with Gasteiger partial charge in [0.05, 0.1) is 0 Å². The van der Waals surface area contributed by atoms with E-state index in [2.05, 4.69) is 16.5 Å². The maximum absolute atomic E-state index is 12.4. The third kappa shape index (κ3) is 5.33. The van der Waals surface area contributed by atoms with E-state index in [4.69, 9.17) is 5.11 Å². The van der Waals surface area contributed by atoms with Crippen LogP contribution in [0.2, 0.25) is 0 Å². The van der Waals surface area contributed by atoms with Crippen LogP contribution < -0.4 is 0 Å². The van der Waals surface area contributed by atoms with E-state index in [0.717, 1.165) is 29.6 Å². The molecule has 0 bridgehead atoms. The molecular formula is C19H27N3O3S2. The number of hydrogen-bond donors (Lipinski definition) is 1. The van der Waals surface area contributed by atoms with E-state index in [9.17, 15) is 9.59 Å². The maximum atomic E-state index is 12.4. The van der Waals surface area contributed by atoms with E-state index < -0.39 is 5.97 Å². The minimum atomic E-state index is -0.998. The average molecular weight is 410 g/mol. The molecule has 2 fully saturated rings. The van der Waals surface area contributed by atoms with Gasteiger partial charge in [0.1, 0.15) is 0 Å². The molecule has 1 aromatic rings. The number of likely N-dealkylation sites (tertiary alicyclic amines) is 1. The molecule has 2 heterocycles. The lowest BCUT2D eigenvalue weighted by Gasteiger charge is -2.34. The molecule has 1 aromatic heterocycles. The van der Waals surface area contributed by atoms with Gasteiger partial charge in [-0.1, -0.05) is 30.7 Å². The molecular weight excluding hydrogens is 382 g/mol. The van der Waals surface area contributed by atoms with E-state index in [1.165, 1.54) is 48.8 Å². The predicted octanol–water partition coefficient (Wildman–Crippen LogP) is 3.36. The van der Waals surface area contributed by atoms with Gasteiger partial charge in [-0.15, -0.1) is 17.9 Å². The number of aromatic nitrogens is 1. The molecule has 148 valence electrons. The Morgan fingerprint density at radius 1 is 1.44 bits per heavy atom. The van der Waals surface area contributed by atoms with Crippen LogP contribution in [0.4, 0.5) is 0 Å². The number of thiazole rings is 1. The maximum Gasteiger partial charge on any atom is 0.355 e. The summed E-state index contributed by atoms with van der Waals surface area (Å²) in [6, 6.07) is 0.893.